The first kappa shape index (κ1) is 21.9. The summed E-state index contributed by atoms with van der Waals surface area (Å²) in [7, 11) is 4.12. The number of alkyl halides is 3. The molecule has 0 saturated heterocycles. The van der Waals surface area contributed by atoms with Crippen LogP contribution in [0, 0.1) is 10.1 Å². The highest BCUT2D eigenvalue weighted by Crippen LogP contribution is 2.34. The number of quaternary nitrogens is 1. The Morgan fingerprint density at radius 3 is 2.46 bits per heavy atom. The Morgan fingerprint density at radius 1 is 1.23 bits per heavy atom. The summed E-state index contributed by atoms with van der Waals surface area (Å²) in [5.41, 5.74) is -1.65. The highest BCUT2D eigenvalue weighted by atomic mass is 32.1. The van der Waals surface area contributed by atoms with E-state index in [9.17, 15) is 23.3 Å². The third-order valence-corrected chi connectivity index (χ3v) is 3.68. The molecule has 0 radical (unpaired) electrons. The van der Waals surface area contributed by atoms with Crippen molar-refractivity contribution in [2.24, 2.45) is 0 Å². The predicted molar refractivity (Wildman–Crippen MR) is 97.5 cm³/mol. The average molecular weight is 394 g/mol. The summed E-state index contributed by atoms with van der Waals surface area (Å²) in [5, 5.41) is 20.2. The number of nitrogens with one attached hydrogen (secondary N) is 4. The van der Waals surface area contributed by atoms with Crippen molar-refractivity contribution in [3.63, 3.8) is 0 Å². The first-order valence-corrected chi connectivity index (χ1v) is 8.42. The number of hydrogen-bond donors (Lipinski definition) is 4. The van der Waals surface area contributed by atoms with Gasteiger partial charge in [-0.15, -0.1) is 0 Å². The van der Waals surface area contributed by atoms with Crippen molar-refractivity contribution in [2.45, 2.75) is 12.6 Å². The minimum atomic E-state index is -4.63. The molecule has 1 rings (SSSR count). The lowest BCUT2D eigenvalue weighted by molar-refractivity contribution is -0.858. The van der Waals surface area contributed by atoms with E-state index in [-0.39, 0.29) is 12.2 Å². The fourth-order valence-corrected chi connectivity index (χ4v) is 2.29. The van der Waals surface area contributed by atoms with E-state index in [1.54, 1.807) is 0 Å². The fourth-order valence-electron chi connectivity index (χ4n) is 2.09. The highest BCUT2D eigenvalue weighted by molar-refractivity contribution is 7.80. The zero-order valence-corrected chi connectivity index (χ0v) is 15.4. The standard InChI is InChI=1S/C15H22F3N5O2S/c1-22(2)9-3-6-20-14(26)21-8-7-19-12-5-4-11(15(16,17)18)10-13(12)23(24)25/h4-5,10,19H,3,6-9H2,1-2H3,(H2,20,21,26)/p+1. The molecule has 0 aliphatic heterocycles. The van der Waals surface area contributed by atoms with Crippen molar-refractivity contribution in [1.82, 2.24) is 10.6 Å². The summed E-state index contributed by atoms with van der Waals surface area (Å²) in [4.78, 5) is 11.5. The van der Waals surface area contributed by atoms with E-state index < -0.39 is 22.4 Å². The summed E-state index contributed by atoms with van der Waals surface area (Å²) in [6.07, 6.45) is -3.67. The number of halogens is 3. The topological polar surface area (TPSA) is 83.7 Å². The number of nitro groups is 1. The molecular weight excluding hydrogens is 371 g/mol. The molecule has 26 heavy (non-hydrogen) atoms. The van der Waals surface area contributed by atoms with Gasteiger partial charge >= 0.3 is 6.18 Å². The minimum Gasteiger partial charge on any atom is -0.378 e. The maximum atomic E-state index is 12.7. The van der Waals surface area contributed by atoms with Crippen molar-refractivity contribution in [1.29, 1.82) is 0 Å². The minimum absolute atomic E-state index is 0.0256. The number of nitrogens with zero attached hydrogens (tertiary/aromatic N) is 1. The van der Waals surface area contributed by atoms with Gasteiger partial charge in [-0.3, -0.25) is 10.1 Å². The van der Waals surface area contributed by atoms with E-state index >= 15 is 0 Å². The van der Waals surface area contributed by atoms with Gasteiger partial charge in [0.25, 0.3) is 5.69 Å². The van der Waals surface area contributed by atoms with E-state index in [2.05, 4.69) is 30.0 Å². The van der Waals surface area contributed by atoms with Crippen LogP contribution in [0.1, 0.15) is 12.0 Å². The molecule has 0 atom stereocenters. The molecular formula is C15H23F3N5O2S+. The van der Waals surface area contributed by atoms with Crippen molar-refractivity contribution >= 4 is 28.7 Å². The summed E-state index contributed by atoms with van der Waals surface area (Å²) in [5.74, 6) is 0. The van der Waals surface area contributed by atoms with Crippen LogP contribution in [-0.4, -0.2) is 50.3 Å². The van der Waals surface area contributed by atoms with Gasteiger partial charge in [0.1, 0.15) is 5.69 Å². The maximum Gasteiger partial charge on any atom is 0.416 e. The van der Waals surface area contributed by atoms with Crippen molar-refractivity contribution in [3.05, 3.63) is 33.9 Å². The van der Waals surface area contributed by atoms with Crippen LogP contribution in [0.5, 0.6) is 0 Å². The lowest BCUT2D eigenvalue weighted by Crippen LogP contribution is -3.05. The van der Waals surface area contributed by atoms with Gasteiger partial charge in [0.05, 0.1) is 31.1 Å². The summed E-state index contributed by atoms with van der Waals surface area (Å²) < 4.78 is 38.0. The molecule has 0 aliphatic rings. The summed E-state index contributed by atoms with van der Waals surface area (Å²) in [6.45, 7) is 2.36. The van der Waals surface area contributed by atoms with Crippen LogP contribution in [0.4, 0.5) is 24.5 Å². The van der Waals surface area contributed by atoms with Crippen LogP contribution in [0.15, 0.2) is 18.2 Å². The number of thiocarbonyl (C=S) groups is 1. The molecule has 0 heterocycles. The molecule has 11 heteroatoms. The van der Waals surface area contributed by atoms with Crippen molar-refractivity contribution < 1.29 is 23.0 Å². The molecule has 0 spiro atoms. The Hall–Kier alpha value is -2.14. The van der Waals surface area contributed by atoms with Gasteiger partial charge in [-0.1, -0.05) is 0 Å². The molecule has 1 aromatic rings. The average Bonchev–Trinajstić information content (AvgIpc) is 2.54. The van der Waals surface area contributed by atoms with Gasteiger partial charge in [-0.25, -0.2) is 0 Å². The summed E-state index contributed by atoms with van der Waals surface area (Å²) in [6, 6.07) is 2.39. The van der Waals surface area contributed by atoms with E-state index in [0.717, 1.165) is 31.6 Å². The van der Waals surface area contributed by atoms with Crippen LogP contribution in [0.3, 0.4) is 0 Å². The highest BCUT2D eigenvalue weighted by Gasteiger charge is 2.32. The van der Waals surface area contributed by atoms with Gasteiger partial charge < -0.3 is 20.9 Å². The Morgan fingerprint density at radius 2 is 1.88 bits per heavy atom. The van der Waals surface area contributed by atoms with Crippen molar-refractivity contribution in [3.8, 4) is 0 Å². The first-order chi connectivity index (χ1) is 12.1. The van der Waals surface area contributed by atoms with Gasteiger partial charge in [0, 0.05) is 32.1 Å². The lowest BCUT2D eigenvalue weighted by atomic mass is 10.1. The third-order valence-electron chi connectivity index (χ3n) is 3.39. The van der Waals surface area contributed by atoms with Crippen LogP contribution in [0.25, 0.3) is 0 Å². The molecule has 0 amide bonds. The molecule has 146 valence electrons. The van der Waals surface area contributed by atoms with Crippen LogP contribution >= 0.6 is 12.2 Å². The zero-order chi connectivity index (χ0) is 19.7. The Kier molecular flexibility index (Phi) is 8.52. The Labute approximate surface area is 155 Å². The third kappa shape index (κ3) is 7.83. The van der Waals surface area contributed by atoms with E-state index in [1.165, 1.54) is 4.90 Å². The quantitative estimate of drug-likeness (QED) is 0.217. The number of nitro benzene ring substituents is 1. The van der Waals surface area contributed by atoms with E-state index in [1.807, 2.05) is 0 Å². The molecule has 0 bridgehead atoms. The van der Waals surface area contributed by atoms with Crippen LogP contribution in [0.2, 0.25) is 0 Å². The molecule has 0 aliphatic carbocycles. The SMILES string of the molecule is C[NH+](C)CCCNC(=S)NCCNc1ccc(C(F)(F)F)cc1[N+](=O)[O-]. The Bertz CT molecular complexity index is 626. The molecule has 0 unspecified atom stereocenters. The van der Waals surface area contributed by atoms with E-state index in [4.69, 9.17) is 12.2 Å². The fraction of sp³-hybridized carbons (Fsp3) is 0.533. The molecule has 0 fully saturated rings. The monoisotopic (exact) mass is 394 g/mol. The zero-order valence-electron chi connectivity index (χ0n) is 14.6. The summed E-state index contributed by atoms with van der Waals surface area (Å²) >= 11 is 5.10. The van der Waals surface area contributed by atoms with Gasteiger partial charge in [-0.05, 0) is 24.4 Å². The molecule has 4 N–H and O–H groups in total. The molecule has 0 saturated carbocycles. The second kappa shape index (κ2) is 10.1. The van der Waals surface area contributed by atoms with Crippen LogP contribution < -0.4 is 20.9 Å². The second-order valence-corrected chi connectivity index (χ2v) is 6.32. The maximum absolute atomic E-state index is 12.7. The first-order valence-electron chi connectivity index (χ1n) is 8.01. The van der Waals surface area contributed by atoms with Gasteiger partial charge in [0.15, 0.2) is 5.11 Å². The Balaban J connectivity index is 2.45. The molecule has 7 nitrogen and oxygen atoms in total. The smallest absolute Gasteiger partial charge is 0.378 e. The number of benzene rings is 1. The molecule has 1 aromatic carbocycles. The van der Waals surface area contributed by atoms with E-state index in [0.29, 0.717) is 17.7 Å². The molecule has 0 aromatic heterocycles. The van der Waals surface area contributed by atoms with Gasteiger partial charge in [0.2, 0.25) is 0 Å². The lowest BCUT2D eigenvalue weighted by Gasteiger charge is -2.13. The normalized spacial score (nSPS) is 11.3. The number of hydrogen-bond acceptors (Lipinski definition) is 4. The largest absolute Gasteiger partial charge is 0.416 e. The van der Waals surface area contributed by atoms with Crippen LogP contribution in [-0.2, 0) is 6.18 Å². The second-order valence-electron chi connectivity index (χ2n) is 5.91. The number of anilines is 1. The number of rotatable bonds is 9. The van der Waals surface area contributed by atoms with Gasteiger partial charge in [-0.2, -0.15) is 13.2 Å². The van der Waals surface area contributed by atoms with Crippen molar-refractivity contribution in [2.75, 3.05) is 45.6 Å². The predicted octanol–water partition coefficient (Wildman–Crippen LogP) is 1.02.